The van der Waals surface area contributed by atoms with Crippen LogP contribution in [0, 0.1) is 11.8 Å². The number of hydrogen-bond donors (Lipinski definition) is 1. The lowest BCUT2D eigenvalue weighted by Gasteiger charge is -2.13. The van der Waals surface area contributed by atoms with Crippen molar-refractivity contribution in [2.45, 2.75) is 26.3 Å². The molecule has 0 saturated heterocycles. The van der Waals surface area contributed by atoms with Gasteiger partial charge in [0.1, 0.15) is 0 Å². The van der Waals surface area contributed by atoms with E-state index < -0.39 is 0 Å². The second-order valence-corrected chi connectivity index (χ2v) is 4.32. The average Bonchev–Trinajstić information content (AvgIpc) is 2.25. The minimum Gasteiger partial charge on any atom is -0.309 e. The molecule has 0 unspecified atom stereocenters. The summed E-state index contributed by atoms with van der Waals surface area (Å²) in [5.41, 5.74) is 1.31. The summed E-state index contributed by atoms with van der Waals surface area (Å²) in [5, 5.41) is 3.44. The Bertz CT molecular complexity index is 345. The number of benzene rings is 1. The lowest BCUT2D eigenvalue weighted by molar-refractivity contribution is 0.584. The number of nitrogens with one attached hydrogen (secondary N) is 1. The molecule has 2 heteroatoms. The van der Waals surface area contributed by atoms with Crippen molar-refractivity contribution in [1.29, 1.82) is 0 Å². The second-order valence-electron chi connectivity index (χ2n) is 3.40. The van der Waals surface area contributed by atoms with E-state index in [2.05, 4.69) is 64.3 Å². The first-order chi connectivity index (χ1) is 7.24. The van der Waals surface area contributed by atoms with Crippen molar-refractivity contribution in [2.75, 3.05) is 6.54 Å². The van der Waals surface area contributed by atoms with Gasteiger partial charge < -0.3 is 5.32 Å². The van der Waals surface area contributed by atoms with Crippen molar-refractivity contribution in [1.82, 2.24) is 5.32 Å². The van der Waals surface area contributed by atoms with Crippen LogP contribution in [0.15, 0.2) is 28.7 Å². The lowest BCUT2D eigenvalue weighted by atomic mass is 10.1. The van der Waals surface area contributed by atoms with E-state index in [4.69, 9.17) is 0 Å². The van der Waals surface area contributed by atoms with Crippen molar-refractivity contribution in [2.24, 2.45) is 0 Å². The predicted molar refractivity (Wildman–Crippen MR) is 68.6 cm³/mol. The van der Waals surface area contributed by atoms with Gasteiger partial charge in [0, 0.05) is 23.5 Å². The van der Waals surface area contributed by atoms with Crippen molar-refractivity contribution in [3.8, 4) is 11.8 Å². The standard InChI is InChI=1S/C13H16BrN/c1-3-4-5-10-15-11(2)12-6-8-13(14)9-7-12/h6-9,11,15H,5,10H2,1-2H3/t11-/m0/s1. The zero-order valence-electron chi connectivity index (χ0n) is 9.18. The van der Waals surface area contributed by atoms with Gasteiger partial charge in [0.15, 0.2) is 0 Å². The Hall–Kier alpha value is -0.780. The Morgan fingerprint density at radius 2 is 2.00 bits per heavy atom. The fraction of sp³-hybridized carbons (Fsp3) is 0.385. The summed E-state index contributed by atoms with van der Waals surface area (Å²) in [6.45, 7) is 4.98. The third-order valence-corrected chi connectivity index (χ3v) is 2.78. The average molecular weight is 266 g/mol. The molecule has 0 saturated carbocycles. The van der Waals surface area contributed by atoms with Gasteiger partial charge >= 0.3 is 0 Å². The van der Waals surface area contributed by atoms with Gasteiger partial charge in [-0.2, -0.15) is 0 Å². The summed E-state index contributed by atoms with van der Waals surface area (Å²) in [5.74, 6) is 5.94. The summed E-state index contributed by atoms with van der Waals surface area (Å²) >= 11 is 3.43. The van der Waals surface area contributed by atoms with Gasteiger partial charge in [-0.15, -0.1) is 11.8 Å². The van der Waals surface area contributed by atoms with Gasteiger partial charge in [0.25, 0.3) is 0 Å². The van der Waals surface area contributed by atoms with Crippen molar-refractivity contribution in [3.63, 3.8) is 0 Å². The minimum atomic E-state index is 0.386. The molecule has 0 radical (unpaired) electrons. The Balaban J connectivity index is 2.41. The Labute approximate surface area is 100 Å². The van der Waals surface area contributed by atoms with Crippen LogP contribution in [0.1, 0.15) is 31.9 Å². The third-order valence-electron chi connectivity index (χ3n) is 2.25. The Morgan fingerprint density at radius 1 is 1.33 bits per heavy atom. The van der Waals surface area contributed by atoms with Gasteiger partial charge in [-0.1, -0.05) is 28.1 Å². The van der Waals surface area contributed by atoms with Crippen LogP contribution in [0.2, 0.25) is 0 Å². The minimum absolute atomic E-state index is 0.386. The highest BCUT2D eigenvalue weighted by atomic mass is 79.9. The number of hydrogen-bond acceptors (Lipinski definition) is 1. The van der Waals surface area contributed by atoms with Gasteiger partial charge in [-0.05, 0) is 31.5 Å². The van der Waals surface area contributed by atoms with E-state index in [0.717, 1.165) is 17.4 Å². The molecule has 0 heterocycles. The highest BCUT2D eigenvalue weighted by Crippen LogP contribution is 2.16. The van der Waals surface area contributed by atoms with E-state index in [9.17, 15) is 0 Å². The molecule has 1 aromatic rings. The largest absolute Gasteiger partial charge is 0.309 e. The normalized spacial score (nSPS) is 11.7. The van der Waals surface area contributed by atoms with Crippen molar-refractivity contribution >= 4 is 15.9 Å². The van der Waals surface area contributed by atoms with Crippen LogP contribution in [0.5, 0.6) is 0 Å². The van der Waals surface area contributed by atoms with E-state index in [1.165, 1.54) is 5.56 Å². The summed E-state index contributed by atoms with van der Waals surface area (Å²) < 4.78 is 1.12. The first-order valence-corrected chi connectivity index (χ1v) is 5.92. The molecule has 15 heavy (non-hydrogen) atoms. The summed E-state index contributed by atoms with van der Waals surface area (Å²) in [6, 6.07) is 8.79. The molecule has 0 spiro atoms. The quantitative estimate of drug-likeness (QED) is 0.649. The first kappa shape index (κ1) is 12.3. The maximum Gasteiger partial charge on any atom is 0.0292 e. The molecule has 1 aromatic carbocycles. The van der Waals surface area contributed by atoms with Crippen LogP contribution in [0.25, 0.3) is 0 Å². The smallest absolute Gasteiger partial charge is 0.0292 e. The summed E-state index contributed by atoms with van der Waals surface area (Å²) in [7, 11) is 0. The first-order valence-electron chi connectivity index (χ1n) is 5.12. The molecule has 0 aliphatic heterocycles. The topological polar surface area (TPSA) is 12.0 Å². The van der Waals surface area contributed by atoms with E-state index in [1.807, 2.05) is 6.92 Å². The monoisotopic (exact) mass is 265 g/mol. The van der Waals surface area contributed by atoms with Crippen LogP contribution < -0.4 is 5.32 Å². The zero-order chi connectivity index (χ0) is 11.1. The molecule has 0 aliphatic rings. The van der Waals surface area contributed by atoms with E-state index >= 15 is 0 Å². The Morgan fingerprint density at radius 3 is 2.60 bits per heavy atom. The predicted octanol–water partition coefficient (Wildman–Crippen LogP) is 3.51. The van der Waals surface area contributed by atoms with Crippen LogP contribution in [-0.2, 0) is 0 Å². The lowest BCUT2D eigenvalue weighted by Crippen LogP contribution is -2.19. The Kier molecular flexibility index (Phi) is 5.45. The van der Waals surface area contributed by atoms with Crippen LogP contribution in [-0.4, -0.2) is 6.54 Å². The molecule has 0 bridgehead atoms. The third kappa shape index (κ3) is 4.51. The number of halogens is 1. The highest BCUT2D eigenvalue weighted by Gasteiger charge is 2.02. The van der Waals surface area contributed by atoms with Gasteiger partial charge in [0.05, 0.1) is 0 Å². The summed E-state index contributed by atoms with van der Waals surface area (Å²) in [4.78, 5) is 0. The second kappa shape index (κ2) is 6.66. The molecule has 0 fully saturated rings. The molecule has 1 nitrogen and oxygen atoms in total. The fourth-order valence-electron chi connectivity index (χ4n) is 1.35. The SMILES string of the molecule is CC#CCCN[C@@H](C)c1ccc(Br)cc1. The zero-order valence-corrected chi connectivity index (χ0v) is 10.8. The maximum absolute atomic E-state index is 3.44. The summed E-state index contributed by atoms with van der Waals surface area (Å²) in [6.07, 6.45) is 0.914. The molecular formula is C13H16BrN. The van der Waals surface area contributed by atoms with Crippen LogP contribution >= 0.6 is 15.9 Å². The molecule has 0 aromatic heterocycles. The highest BCUT2D eigenvalue weighted by molar-refractivity contribution is 9.10. The molecule has 1 atom stereocenters. The van der Waals surface area contributed by atoms with Gasteiger partial charge in [0.2, 0.25) is 0 Å². The maximum atomic E-state index is 3.44. The van der Waals surface area contributed by atoms with Crippen LogP contribution in [0.4, 0.5) is 0 Å². The molecule has 0 amide bonds. The molecule has 0 aliphatic carbocycles. The van der Waals surface area contributed by atoms with Gasteiger partial charge in [-0.25, -0.2) is 0 Å². The van der Waals surface area contributed by atoms with E-state index in [-0.39, 0.29) is 0 Å². The van der Waals surface area contributed by atoms with E-state index in [0.29, 0.717) is 6.04 Å². The van der Waals surface area contributed by atoms with Crippen molar-refractivity contribution < 1.29 is 0 Å². The van der Waals surface area contributed by atoms with Gasteiger partial charge in [-0.3, -0.25) is 0 Å². The van der Waals surface area contributed by atoms with Crippen LogP contribution in [0.3, 0.4) is 0 Å². The van der Waals surface area contributed by atoms with Crippen molar-refractivity contribution in [3.05, 3.63) is 34.3 Å². The molecular weight excluding hydrogens is 250 g/mol. The fourth-order valence-corrected chi connectivity index (χ4v) is 1.61. The molecule has 80 valence electrons. The van der Waals surface area contributed by atoms with E-state index in [1.54, 1.807) is 0 Å². The molecule has 1 rings (SSSR count). The number of rotatable bonds is 4. The molecule has 1 N–H and O–H groups in total.